The van der Waals surface area contributed by atoms with Crippen LogP contribution < -0.4 is 10.2 Å². The number of benzene rings is 3. The van der Waals surface area contributed by atoms with Crippen LogP contribution in [-0.2, 0) is 11.4 Å². The van der Waals surface area contributed by atoms with Crippen molar-refractivity contribution in [3.05, 3.63) is 88.9 Å². The van der Waals surface area contributed by atoms with Crippen molar-refractivity contribution in [1.29, 1.82) is 0 Å². The van der Waals surface area contributed by atoms with Gasteiger partial charge in [-0.15, -0.1) is 0 Å². The molecule has 1 heterocycles. The number of carbonyl (C=O) groups is 1. The average Bonchev–Trinajstić information content (AvgIpc) is 3.21. The van der Waals surface area contributed by atoms with Crippen LogP contribution in [0, 0.1) is 0 Å². The molecule has 0 aliphatic heterocycles. The number of thioether (sulfide) groups is 1. The summed E-state index contributed by atoms with van der Waals surface area (Å²) in [5.74, 6) is 0.621. The highest BCUT2D eigenvalue weighted by Gasteiger charge is 2.07. The van der Waals surface area contributed by atoms with Crippen LogP contribution in [0.1, 0.15) is 11.1 Å². The molecule has 1 amide bonds. The van der Waals surface area contributed by atoms with E-state index in [1.54, 1.807) is 6.21 Å². The number of nitrogens with zero attached hydrogens (tertiary/aromatic N) is 2. The Morgan fingerprint density at radius 2 is 1.87 bits per heavy atom. The number of carbonyl (C=O) groups excluding carboxylic acids is 1. The number of hydrazone groups is 1. The quantitative estimate of drug-likeness (QED) is 0.224. The molecule has 0 saturated carbocycles. The molecule has 0 aliphatic rings. The number of fused-ring (bicyclic) bond motifs is 1. The molecule has 3 aromatic carbocycles. The fourth-order valence-corrected chi connectivity index (χ4v) is 3.70. The third kappa shape index (κ3) is 5.65. The number of ether oxygens (including phenoxy) is 1. The van der Waals surface area contributed by atoms with E-state index in [1.165, 1.54) is 11.8 Å². The summed E-state index contributed by atoms with van der Waals surface area (Å²) in [5, 5.41) is 5.40. The Bertz CT molecular complexity index is 1190. The molecule has 2 N–H and O–H groups in total. The van der Waals surface area contributed by atoms with E-state index in [9.17, 15) is 4.79 Å². The fourth-order valence-electron chi connectivity index (χ4n) is 2.83. The van der Waals surface area contributed by atoms with E-state index in [1.807, 2.05) is 72.8 Å². The van der Waals surface area contributed by atoms with Crippen LogP contribution in [0.3, 0.4) is 0 Å². The Kier molecular flexibility index (Phi) is 6.86. The van der Waals surface area contributed by atoms with Gasteiger partial charge in [0.1, 0.15) is 12.4 Å². The van der Waals surface area contributed by atoms with E-state index < -0.39 is 0 Å². The molecule has 1 aromatic heterocycles. The fraction of sp³-hybridized carbons (Fsp3) is 0.0870. The predicted octanol–water partition coefficient (Wildman–Crippen LogP) is 5.04. The number of imidazole rings is 1. The lowest BCUT2D eigenvalue weighted by molar-refractivity contribution is -0.118. The molecular weight excluding hydrogens is 432 g/mol. The predicted molar refractivity (Wildman–Crippen MR) is 125 cm³/mol. The molecule has 156 valence electrons. The monoisotopic (exact) mass is 450 g/mol. The summed E-state index contributed by atoms with van der Waals surface area (Å²) in [6, 6.07) is 22.7. The Balaban J connectivity index is 1.31. The minimum atomic E-state index is -0.226. The molecule has 0 unspecified atom stereocenters. The van der Waals surface area contributed by atoms with Gasteiger partial charge in [0.15, 0.2) is 5.16 Å². The van der Waals surface area contributed by atoms with Crippen LogP contribution in [0.15, 0.2) is 83.1 Å². The summed E-state index contributed by atoms with van der Waals surface area (Å²) >= 11 is 7.50. The minimum Gasteiger partial charge on any atom is -0.488 e. The third-order valence-electron chi connectivity index (χ3n) is 4.36. The van der Waals surface area contributed by atoms with Crippen molar-refractivity contribution in [2.24, 2.45) is 5.10 Å². The molecule has 0 fully saturated rings. The van der Waals surface area contributed by atoms with Crippen molar-refractivity contribution >= 4 is 46.5 Å². The topological polar surface area (TPSA) is 79.4 Å². The normalized spacial score (nSPS) is 11.1. The number of aromatic nitrogens is 2. The highest BCUT2D eigenvalue weighted by atomic mass is 35.5. The number of hydrogen-bond acceptors (Lipinski definition) is 5. The second-order valence-electron chi connectivity index (χ2n) is 6.56. The maximum absolute atomic E-state index is 12.1. The summed E-state index contributed by atoms with van der Waals surface area (Å²) in [6.07, 6.45) is 1.56. The number of rotatable bonds is 8. The van der Waals surface area contributed by atoms with Gasteiger partial charge in [-0.05, 0) is 30.3 Å². The number of H-pyrrole nitrogens is 1. The van der Waals surface area contributed by atoms with E-state index in [0.29, 0.717) is 22.5 Å². The first-order valence-corrected chi connectivity index (χ1v) is 10.9. The van der Waals surface area contributed by atoms with Crippen LogP contribution in [0.25, 0.3) is 11.0 Å². The first kappa shape index (κ1) is 21.0. The van der Waals surface area contributed by atoms with Crippen molar-refractivity contribution < 1.29 is 9.53 Å². The first-order valence-electron chi connectivity index (χ1n) is 9.54. The van der Waals surface area contributed by atoms with Crippen molar-refractivity contribution in [2.45, 2.75) is 11.8 Å². The van der Waals surface area contributed by atoms with E-state index in [-0.39, 0.29) is 11.7 Å². The van der Waals surface area contributed by atoms with Gasteiger partial charge in [-0.3, -0.25) is 4.79 Å². The summed E-state index contributed by atoms with van der Waals surface area (Å²) < 4.78 is 5.89. The van der Waals surface area contributed by atoms with Gasteiger partial charge in [0.2, 0.25) is 0 Å². The molecule has 0 saturated heterocycles. The Hall–Kier alpha value is -3.29. The molecule has 0 aliphatic carbocycles. The number of halogens is 1. The second kappa shape index (κ2) is 10.1. The van der Waals surface area contributed by atoms with Crippen molar-refractivity contribution in [3.8, 4) is 5.75 Å². The first-order chi connectivity index (χ1) is 15.2. The lowest BCUT2D eigenvalue weighted by Crippen LogP contribution is -2.19. The summed E-state index contributed by atoms with van der Waals surface area (Å²) in [5.41, 5.74) is 6.00. The number of para-hydroxylation sites is 3. The Morgan fingerprint density at radius 1 is 1.10 bits per heavy atom. The van der Waals surface area contributed by atoms with Crippen molar-refractivity contribution in [3.63, 3.8) is 0 Å². The SMILES string of the molecule is O=C(CSc1nc2ccccc2[nH]1)N/N=C/c1ccccc1OCc1ccccc1Cl. The number of amides is 1. The summed E-state index contributed by atoms with van der Waals surface area (Å²) in [4.78, 5) is 19.7. The zero-order chi connectivity index (χ0) is 21.5. The van der Waals surface area contributed by atoms with E-state index in [2.05, 4.69) is 20.5 Å². The number of nitrogens with one attached hydrogen (secondary N) is 2. The standard InChI is InChI=1S/C23H19ClN4O2S/c24-18-9-3-1-8-17(18)14-30-21-12-6-2-7-16(21)13-25-28-22(29)15-31-23-26-19-10-4-5-11-20(19)27-23/h1-13H,14-15H2,(H,26,27)(H,28,29)/b25-13+. The zero-order valence-corrected chi connectivity index (χ0v) is 18.0. The maximum atomic E-state index is 12.1. The highest BCUT2D eigenvalue weighted by Crippen LogP contribution is 2.21. The van der Waals surface area contributed by atoms with Gasteiger partial charge in [-0.25, -0.2) is 10.4 Å². The number of aromatic amines is 1. The summed E-state index contributed by atoms with van der Waals surface area (Å²) in [6.45, 7) is 0.338. The molecule has 0 spiro atoms. The van der Waals surface area contributed by atoms with Crippen LogP contribution >= 0.6 is 23.4 Å². The van der Waals surface area contributed by atoms with Gasteiger partial charge in [-0.2, -0.15) is 5.10 Å². The van der Waals surface area contributed by atoms with Gasteiger partial charge >= 0.3 is 0 Å². The number of hydrogen-bond donors (Lipinski definition) is 2. The molecule has 31 heavy (non-hydrogen) atoms. The smallest absolute Gasteiger partial charge is 0.250 e. The molecule has 0 bridgehead atoms. The van der Waals surface area contributed by atoms with E-state index in [0.717, 1.165) is 22.2 Å². The molecular formula is C23H19ClN4O2S. The Morgan fingerprint density at radius 3 is 2.74 bits per heavy atom. The Labute approximate surface area is 188 Å². The van der Waals surface area contributed by atoms with E-state index in [4.69, 9.17) is 16.3 Å². The van der Waals surface area contributed by atoms with Crippen LogP contribution in [0.4, 0.5) is 0 Å². The van der Waals surface area contributed by atoms with Gasteiger partial charge in [0, 0.05) is 16.1 Å². The van der Waals surface area contributed by atoms with Crippen molar-refractivity contribution in [2.75, 3.05) is 5.75 Å². The van der Waals surface area contributed by atoms with Crippen molar-refractivity contribution in [1.82, 2.24) is 15.4 Å². The minimum absolute atomic E-state index is 0.196. The second-order valence-corrected chi connectivity index (χ2v) is 7.93. The van der Waals surface area contributed by atoms with Gasteiger partial charge in [-0.1, -0.05) is 65.8 Å². The van der Waals surface area contributed by atoms with Crippen LogP contribution in [-0.4, -0.2) is 27.8 Å². The average molecular weight is 451 g/mol. The van der Waals surface area contributed by atoms with Gasteiger partial charge in [0.25, 0.3) is 5.91 Å². The molecule has 0 atom stereocenters. The zero-order valence-electron chi connectivity index (χ0n) is 16.4. The summed E-state index contributed by atoms with van der Waals surface area (Å²) in [7, 11) is 0. The lowest BCUT2D eigenvalue weighted by atomic mass is 10.2. The van der Waals surface area contributed by atoms with Gasteiger partial charge in [0.05, 0.1) is 23.0 Å². The van der Waals surface area contributed by atoms with Gasteiger partial charge < -0.3 is 9.72 Å². The molecule has 4 aromatic rings. The molecule has 6 nitrogen and oxygen atoms in total. The molecule has 8 heteroatoms. The maximum Gasteiger partial charge on any atom is 0.250 e. The molecule has 0 radical (unpaired) electrons. The lowest BCUT2D eigenvalue weighted by Gasteiger charge is -2.10. The largest absolute Gasteiger partial charge is 0.488 e. The third-order valence-corrected chi connectivity index (χ3v) is 5.60. The van der Waals surface area contributed by atoms with Crippen LogP contribution in [0.2, 0.25) is 5.02 Å². The molecule has 4 rings (SSSR count). The van der Waals surface area contributed by atoms with Crippen LogP contribution in [0.5, 0.6) is 5.75 Å². The highest BCUT2D eigenvalue weighted by molar-refractivity contribution is 7.99. The van der Waals surface area contributed by atoms with E-state index >= 15 is 0 Å².